The molecule has 0 aliphatic heterocycles. The minimum atomic E-state index is -0.249. The van der Waals surface area contributed by atoms with Gasteiger partial charge in [0.2, 0.25) is 0 Å². The van der Waals surface area contributed by atoms with E-state index in [0.717, 1.165) is 16.6 Å². The molecule has 0 atom stereocenters. The first-order valence-corrected chi connectivity index (χ1v) is 7.73. The third kappa shape index (κ3) is 4.97. The maximum Gasteiger partial charge on any atom is 0.320 e. The molecule has 0 aliphatic rings. The van der Waals surface area contributed by atoms with Crippen molar-refractivity contribution in [2.75, 3.05) is 33.4 Å². The summed E-state index contributed by atoms with van der Waals surface area (Å²) in [6, 6.07) is 7.91. The summed E-state index contributed by atoms with van der Waals surface area (Å²) < 4.78 is 10.1. The van der Waals surface area contributed by atoms with Crippen LogP contribution in [0.25, 0.3) is 10.9 Å². The first kappa shape index (κ1) is 17.3. The molecule has 0 radical (unpaired) electrons. The monoisotopic (exact) mass is 317 g/mol. The molecule has 0 unspecified atom stereocenters. The highest BCUT2D eigenvalue weighted by molar-refractivity contribution is 5.80. The Morgan fingerprint density at radius 1 is 1.26 bits per heavy atom. The Balaban J connectivity index is 2.15. The highest BCUT2D eigenvalue weighted by atomic mass is 16.5. The number of aryl methyl sites for hydroxylation is 1. The van der Waals surface area contributed by atoms with E-state index in [1.165, 1.54) is 0 Å². The number of carbonyl (C=O) groups excluding carboxylic acids is 1. The largest absolute Gasteiger partial charge is 0.465 e. The van der Waals surface area contributed by atoms with Crippen molar-refractivity contribution in [1.82, 2.24) is 14.9 Å². The number of nitrogens with zero attached hydrogens (tertiary/aromatic N) is 3. The van der Waals surface area contributed by atoms with Gasteiger partial charge in [0.1, 0.15) is 5.82 Å². The highest BCUT2D eigenvalue weighted by Gasteiger charge is 2.14. The van der Waals surface area contributed by atoms with Crippen molar-refractivity contribution < 1.29 is 14.3 Å². The van der Waals surface area contributed by atoms with Crippen molar-refractivity contribution in [2.45, 2.75) is 20.4 Å². The van der Waals surface area contributed by atoms with Crippen LogP contribution >= 0.6 is 0 Å². The molecule has 0 saturated carbocycles. The van der Waals surface area contributed by atoms with Gasteiger partial charge in [0, 0.05) is 24.7 Å². The maximum atomic E-state index is 11.7. The standard InChI is InChI=1S/C17H23N3O3/c1-4-23-17(21)12-20(9-10-22-3)11-16-18-13(2)14-7-5-6-8-15(14)19-16/h5-8H,4,9-12H2,1-3H3. The second-order valence-corrected chi connectivity index (χ2v) is 5.25. The summed E-state index contributed by atoms with van der Waals surface area (Å²) in [5.41, 5.74) is 1.85. The van der Waals surface area contributed by atoms with E-state index in [2.05, 4.69) is 9.97 Å². The van der Waals surface area contributed by atoms with Crippen LogP contribution in [0.2, 0.25) is 0 Å². The van der Waals surface area contributed by atoms with Gasteiger partial charge in [0.25, 0.3) is 0 Å². The van der Waals surface area contributed by atoms with Gasteiger partial charge in [0.05, 0.1) is 31.8 Å². The summed E-state index contributed by atoms with van der Waals surface area (Å²) >= 11 is 0. The van der Waals surface area contributed by atoms with Gasteiger partial charge in [-0.15, -0.1) is 0 Å². The molecule has 0 amide bonds. The van der Waals surface area contributed by atoms with Crippen molar-refractivity contribution in [2.24, 2.45) is 0 Å². The summed E-state index contributed by atoms with van der Waals surface area (Å²) in [4.78, 5) is 22.8. The fourth-order valence-corrected chi connectivity index (χ4v) is 2.39. The normalized spacial score (nSPS) is 11.1. The van der Waals surface area contributed by atoms with Crippen molar-refractivity contribution in [3.8, 4) is 0 Å². The van der Waals surface area contributed by atoms with Gasteiger partial charge in [-0.3, -0.25) is 9.69 Å². The number of ether oxygens (including phenoxy) is 2. The van der Waals surface area contributed by atoms with E-state index in [4.69, 9.17) is 9.47 Å². The molecule has 0 saturated heterocycles. The summed E-state index contributed by atoms with van der Waals surface area (Å²) in [5.74, 6) is 0.447. The van der Waals surface area contributed by atoms with Crippen LogP contribution < -0.4 is 0 Å². The van der Waals surface area contributed by atoms with E-state index in [9.17, 15) is 4.79 Å². The van der Waals surface area contributed by atoms with E-state index in [1.54, 1.807) is 14.0 Å². The van der Waals surface area contributed by atoms with Gasteiger partial charge in [-0.05, 0) is 19.9 Å². The summed E-state index contributed by atoms with van der Waals surface area (Å²) in [7, 11) is 1.64. The Kier molecular flexibility index (Phi) is 6.43. The quantitative estimate of drug-likeness (QED) is 0.693. The molecule has 0 bridgehead atoms. The molecule has 2 rings (SSSR count). The fraction of sp³-hybridized carbons (Fsp3) is 0.471. The van der Waals surface area contributed by atoms with Crippen molar-refractivity contribution in [3.63, 3.8) is 0 Å². The first-order chi connectivity index (χ1) is 11.1. The molecule has 0 spiro atoms. The molecular formula is C17H23N3O3. The molecule has 6 nitrogen and oxygen atoms in total. The van der Waals surface area contributed by atoms with Gasteiger partial charge in [0.15, 0.2) is 0 Å². The number of carbonyl (C=O) groups is 1. The Hall–Kier alpha value is -2.05. The number of benzene rings is 1. The Morgan fingerprint density at radius 3 is 2.78 bits per heavy atom. The van der Waals surface area contributed by atoms with Crippen LogP contribution in [0, 0.1) is 6.92 Å². The van der Waals surface area contributed by atoms with Crippen LogP contribution in [0.5, 0.6) is 0 Å². The molecule has 0 aliphatic carbocycles. The topological polar surface area (TPSA) is 64.5 Å². The number of para-hydroxylation sites is 1. The van der Waals surface area contributed by atoms with Gasteiger partial charge in [-0.25, -0.2) is 9.97 Å². The third-order valence-electron chi connectivity index (χ3n) is 3.47. The third-order valence-corrected chi connectivity index (χ3v) is 3.47. The predicted molar refractivity (Wildman–Crippen MR) is 88.1 cm³/mol. The van der Waals surface area contributed by atoms with Crippen LogP contribution in [-0.4, -0.2) is 54.3 Å². The lowest BCUT2D eigenvalue weighted by molar-refractivity contribution is -0.144. The van der Waals surface area contributed by atoms with E-state index in [-0.39, 0.29) is 12.5 Å². The van der Waals surface area contributed by atoms with E-state index in [1.807, 2.05) is 36.1 Å². The lowest BCUT2D eigenvalue weighted by Crippen LogP contribution is -2.34. The Morgan fingerprint density at radius 2 is 2.04 bits per heavy atom. The molecule has 2 aromatic rings. The molecule has 0 N–H and O–H groups in total. The van der Waals surface area contributed by atoms with Crippen molar-refractivity contribution in [1.29, 1.82) is 0 Å². The Labute approximate surface area is 136 Å². The SMILES string of the molecule is CCOC(=O)CN(CCOC)Cc1nc(C)c2ccccc2n1. The zero-order chi connectivity index (χ0) is 16.7. The number of methoxy groups -OCH3 is 1. The average Bonchev–Trinajstić information content (AvgIpc) is 2.53. The second kappa shape index (κ2) is 8.55. The smallest absolute Gasteiger partial charge is 0.320 e. The molecule has 1 aromatic heterocycles. The molecule has 1 heterocycles. The molecule has 124 valence electrons. The molecule has 0 fully saturated rings. The Bertz CT molecular complexity index is 661. The molecular weight excluding hydrogens is 294 g/mol. The maximum absolute atomic E-state index is 11.7. The van der Waals surface area contributed by atoms with E-state index >= 15 is 0 Å². The van der Waals surface area contributed by atoms with Crippen LogP contribution in [0.15, 0.2) is 24.3 Å². The van der Waals surface area contributed by atoms with Gasteiger partial charge in [-0.2, -0.15) is 0 Å². The lowest BCUT2D eigenvalue weighted by atomic mass is 10.2. The zero-order valence-corrected chi connectivity index (χ0v) is 13.9. The van der Waals surface area contributed by atoms with Crippen LogP contribution in [0.1, 0.15) is 18.4 Å². The molecule has 23 heavy (non-hydrogen) atoms. The number of rotatable bonds is 8. The fourth-order valence-electron chi connectivity index (χ4n) is 2.39. The number of hydrogen-bond donors (Lipinski definition) is 0. The highest BCUT2D eigenvalue weighted by Crippen LogP contribution is 2.15. The molecule has 6 heteroatoms. The zero-order valence-electron chi connectivity index (χ0n) is 13.9. The number of esters is 1. The minimum absolute atomic E-state index is 0.201. The van der Waals surface area contributed by atoms with Crippen LogP contribution in [0.3, 0.4) is 0 Å². The van der Waals surface area contributed by atoms with Crippen molar-refractivity contribution >= 4 is 16.9 Å². The van der Waals surface area contributed by atoms with Gasteiger partial charge >= 0.3 is 5.97 Å². The number of hydrogen-bond acceptors (Lipinski definition) is 6. The second-order valence-electron chi connectivity index (χ2n) is 5.25. The minimum Gasteiger partial charge on any atom is -0.465 e. The first-order valence-electron chi connectivity index (χ1n) is 7.73. The van der Waals surface area contributed by atoms with Crippen molar-refractivity contribution in [3.05, 3.63) is 35.8 Å². The number of fused-ring (bicyclic) bond motifs is 1. The number of aromatic nitrogens is 2. The molecule has 1 aromatic carbocycles. The van der Waals surface area contributed by atoms with Crippen LogP contribution in [0.4, 0.5) is 0 Å². The van der Waals surface area contributed by atoms with Gasteiger partial charge < -0.3 is 9.47 Å². The van der Waals surface area contributed by atoms with Gasteiger partial charge in [-0.1, -0.05) is 18.2 Å². The lowest BCUT2D eigenvalue weighted by Gasteiger charge is -2.20. The average molecular weight is 317 g/mol. The van der Waals surface area contributed by atoms with Crippen LogP contribution in [-0.2, 0) is 20.8 Å². The van der Waals surface area contributed by atoms with E-state index in [0.29, 0.717) is 32.1 Å². The summed E-state index contributed by atoms with van der Waals surface area (Å²) in [6.07, 6.45) is 0. The summed E-state index contributed by atoms with van der Waals surface area (Å²) in [6.45, 7) is 5.98. The summed E-state index contributed by atoms with van der Waals surface area (Å²) in [5, 5.41) is 1.05. The van der Waals surface area contributed by atoms with E-state index < -0.39 is 0 Å². The predicted octanol–water partition coefficient (Wildman–Crippen LogP) is 1.95.